The molecule has 108 valence electrons. The first-order valence-corrected chi connectivity index (χ1v) is 7.72. The van der Waals surface area contributed by atoms with Crippen molar-refractivity contribution < 1.29 is 5.11 Å². The number of nitrogens with zero attached hydrogens (tertiary/aromatic N) is 1. The van der Waals surface area contributed by atoms with Crippen LogP contribution in [0, 0.1) is 0 Å². The van der Waals surface area contributed by atoms with Gasteiger partial charge in [0.1, 0.15) is 0 Å². The maximum atomic E-state index is 9.39. The Labute approximate surface area is 125 Å². The molecule has 1 aromatic carbocycles. The maximum absolute atomic E-state index is 9.39. The monoisotopic (exact) mass is 328 g/mol. The van der Waals surface area contributed by atoms with Gasteiger partial charge in [0.2, 0.25) is 0 Å². The molecule has 0 saturated carbocycles. The van der Waals surface area contributed by atoms with Gasteiger partial charge in [-0.3, -0.25) is 0 Å². The Morgan fingerprint density at radius 1 is 1.42 bits per heavy atom. The fourth-order valence-corrected chi connectivity index (χ4v) is 2.38. The molecule has 1 atom stereocenters. The van der Waals surface area contributed by atoms with Crippen molar-refractivity contribution in [3.05, 3.63) is 28.2 Å². The van der Waals surface area contributed by atoms with Crippen molar-refractivity contribution in [3.8, 4) is 0 Å². The lowest BCUT2D eigenvalue weighted by Crippen LogP contribution is -2.24. The van der Waals surface area contributed by atoms with Crippen LogP contribution in [0.1, 0.15) is 32.3 Å². The van der Waals surface area contributed by atoms with E-state index in [1.54, 1.807) is 0 Å². The van der Waals surface area contributed by atoms with Gasteiger partial charge in [-0.2, -0.15) is 0 Å². The van der Waals surface area contributed by atoms with E-state index in [0.29, 0.717) is 0 Å². The molecule has 0 bridgehead atoms. The summed E-state index contributed by atoms with van der Waals surface area (Å²) in [4.78, 5) is 2.21. The number of hydrogen-bond acceptors (Lipinski definition) is 3. The third-order valence-electron chi connectivity index (χ3n) is 3.08. The molecular formula is C15H25BrN2O. The van der Waals surface area contributed by atoms with E-state index in [1.165, 1.54) is 11.3 Å². The van der Waals surface area contributed by atoms with Gasteiger partial charge in [0.25, 0.3) is 0 Å². The molecule has 1 unspecified atom stereocenters. The van der Waals surface area contributed by atoms with E-state index >= 15 is 0 Å². The Bertz CT molecular complexity index is 382. The van der Waals surface area contributed by atoms with Crippen molar-refractivity contribution in [2.75, 3.05) is 25.0 Å². The molecule has 0 aliphatic carbocycles. The van der Waals surface area contributed by atoms with Crippen LogP contribution >= 0.6 is 15.9 Å². The van der Waals surface area contributed by atoms with Gasteiger partial charge in [-0.15, -0.1) is 0 Å². The van der Waals surface area contributed by atoms with Crippen molar-refractivity contribution in [2.24, 2.45) is 0 Å². The number of aliphatic hydroxyl groups excluding tert-OH is 1. The van der Waals surface area contributed by atoms with E-state index < -0.39 is 0 Å². The molecule has 1 aromatic rings. The second-order valence-corrected chi connectivity index (χ2v) is 5.92. The van der Waals surface area contributed by atoms with Gasteiger partial charge in [-0.25, -0.2) is 0 Å². The molecule has 0 heterocycles. The molecule has 0 amide bonds. The van der Waals surface area contributed by atoms with Gasteiger partial charge in [-0.05, 0) is 50.1 Å². The molecule has 3 nitrogen and oxygen atoms in total. The third-order valence-corrected chi connectivity index (χ3v) is 3.57. The Morgan fingerprint density at radius 3 is 2.79 bits per heavy atom. The number of hydrogen-bond donors (Lipinski definition) is 2. The molecule has 0 spiro atoms. The lowest BCUT2D eigenvalue weighted by molar-refractivity contribution is 0.187. The van der Waals surface area contributed by atoms with Crippen LogP contribution in [0.3, 0.4) is 0 Å². The molecule has 1 rings (SSSR count). The summed E-state index contributed by atoms with van der Waals surface area (Å²) >= 11 is 3.53. The summed E-state index contributed by atoms with van der Waals surface area (Å²) in [6.07, 6.45) is 1.68. The number of aliphatic hydroxyl groups is 1. The predicted octanol–water partition coefficient (Wildman–Crippen LogP) is 3.16. The number of halogens is 1. The Balaban J connectivity index is 2.74. The quantitative estimate of drug-likeness (QED) is 0.719. The standard InChI is InChI=1S/C15H25BrN2O/c1-4-8-17-11-13-10-14(16)5-6-15(13)18(3)9-7-12(2)19/h5-6,10,12,17,19H,4,7-9,11H2,1-3H3. The summed E-state index contributed by atoms with van der Waals surface area (Å²) in [6.45, 7) is 6.77. The highest BCUT2D eigenvalue weighted by atomic mass is 79.9. The summed E-state index contributed by atoms with van der Waals surface area (Å²) in [7, 11) is 2.08. The molecule has 0 fully saturated rings. The van der Waals surface area contributed by atoms with Gasteiger partial charge in [0.15, 0.2) is 0 Å². The molecule has 0 radical (unpaired) electrons. The van der Waals surface area contributed by atoms with Crippen molar-refractivity contribution in [1.82, 2.24) is 5.32 Å². The van der Waals surface area contributed by atoms with Gasteiger partial charge >= 0.3 is 0 Å². The first-order valence-electron chi connectivity index (χ1n) is 6.93. The number of anilines is 1. The summed E-state index contributed by atoms with van der Waals surface area (Å²) in [5.41, 5.74) is 2.52. The van der Waals surface area contributed by atoms with Crippen LogP contribution in [0.15, 0.2) is 22.7 Å². The minimum Gasteiger partial charge on any atom is -0.393 e. The second-order valence-electron chi connectivity index (χ2n) is 5.01. The van der Waals surface area contributed by atoms with Crippen LogP contribution in [0.2, 0.25) is 0 Å². The molecule has 0 saturated heterocycles. The van der Waals surface area contributed by atoms with Crippen LogP contribution in [0.4, 0.5) is 5.69 Å². The lowest BCUT2D eigenvalue weighted by atomic mass is 10.1. The van der Waals surface area contributed by atoms with Gasteiger partial charge < -0.3 is 15.3 Å². The van der Waals surface area contributed by atoms with Crippen LogP contribution in [0.5, 0.6) is 0 Å². The van der Waals surface area contributed by atoms with Crippen LogP contribution < -0.4 is 10.2 Å². The smallest absolute Gasteiger partial charge is 0.0528 e. The van der Waals surface area contributed by atoms with Crippen molar-refractivity contribution in [1.29, 1.82) is 0 Å². The summed E-state index contributed by atoms with van der Waals surface area (Å²) in [5, 5.41) is 12.8. The molecule has 0 aliphatic heterocycles. The Hall–Kier alpha value is -0.580. The SMILES string of the molecule is CCCNCc1cc(Br)ccc1N(C)CCC(C)O. The summed E-state index contributed by atoms with van der Waals surface area (Å²) < 4.78 is 1.11. The second kappa shape index (κ2) is 8.56. The summed E-state index contributed by atoms with van der Waals surface area (Å²) in [6, 6.07) is 6.36. The van der Waals surface area contributed by atoms with E-state index in [1.807, 2.05) is 6.92 Å². The van der Waals surface area contributed by atoms with Crippen molar-refractivity contribution in [3.63, 3.8) is 0 Å². The van der Waals surface area contributed by atoms with E-state index in [4.69, 9.17) is 0 Å². The number of benzene rings is 1. The predicted molar refractivity (Wildman–Crippen MR) is 85.7 cm³/mol. The van der Waals surface area contributed by atoms with E-state index in [2.05, 4.69) is 58.3 Å². The highest BCUT2D eigenvalue weighted by molar-refractivity contribution is 9.10. The van der Waals surface area contributed by atoms with E-state index in [9.17, 15) is 5.11 Å². The van der Waals surface area contributed by atoms with E-state index in [0.717, 1.165) is 36.9 Å². The third kappa shape index (κ3) is 5.93. The topological polar surface area (TPSA) is 35.5 Å². The average molecular weight is 329 g/mol. The first-order chi connectivity index (χ1) is 9.04. The zero-order chi connectivity index (χ0) is 14.3. The zero-order valence-electron chi connectivity index (χ0n) is 12.1. The fraction of sp³-hybridized carbons (Fsp3) is 0.600. The van der Waals surface area contributed by atoms with Gasteiger partial charge in [-0.1, -0.05) is 22.9 Å². The number of nitrogens with one attached hydrogen (secondary N) is 1. The van der Waals surface area contributed by atoms with Gasteiger partial charge in [0.05, 0.1) is 6.10 Å². The molecule has 0 aromatic heterocycles. The minimum absolute atomic E-state index is 0.250. The first kappa shape index (κ1) is 16.5. The lowest BCUT2D eigenvalue weighted by Gasteiger charge is -2.23. The Kier molecular flexibility index (Phi) is 7.42. The Morgan fingerprint density at radius 2 is 2.16 bits per heavy atom. The summed E-state index contributed by atoms with van der Waals surface area (Å²) in [5.74, 6) is 0. The largest absolute Gasteiger partial charge is 0.393 e. The normalized spacial score (nSPS) is 12.5. The molecule has 0 aliphatic rings. The maximum Gasteiger partial charge on any atom is 0.0528 e. The average Bonchev–Trinajstić information content (AvgIpc) is 2.36. The highest BCUT2D eigenvalue weighted by Crippen LogP contribution is 2.24. The van der Waals surface area contributed by atoms with E-state index in [-0.39, 0.29) is 6.10 Å². The van der Waals surface area contributed by atoms with Crippen LogP contribution in [0.25, 0.3) is 0 Å². The van der Waals surface area contributed by atoms with Gasteiger partial charge in [0, 0.05) is 30.3 Å². The highest BCUT2D eigenvalue weighted by Gasteiger charge is 2.09. The number of rotatable bonds is 8. The van der Waals surface area contributed by atoms with Crippen molar-refractivity contribution in [2.45, 2.75) is 39.3 Å². The van der Waals surface area contributed by atoms with Crippen LogP contribution in [-0.2, 0) is 6.54 Å². The molecule has 19 heavy (non-hydrogen) atoms. The fourth-order valence-electron chi connectivity index (χ4n) is 1.97. The van der Waals surface area contributed by atoms with Crippen LogP contribution in [-0.4, -0.2) is 31.3 Å². The zero-order valence-corrected chi connectivity index (χ0v) is 13.7. The molecule has 4 heteroatoms. The minimum atomic E-state index is -0.250. The molecule has 2 N–H and O–H groups in total. The molecular weight excluding hydrogens is 304 g/mol. The van der Waals surface area contributed by atoms with Crippen molar-refractivity contribution >= 4 is 21.6 Å².